The first-order valence-corrected chi connectivity index (χ1v) is 7.73. The van der Waals surface area contributed by atoms with Crippen LogP contribution in [0.2, 0.25) is 0 Å². The molecule has 0 heterocycles. The summed E-state index contributed by atoms with van der Waals surface area (Å²) in [6.07, 6.45) is 0. The van der Waals surface area contributed by atoms with Crippen LogP contribution in [-0.4, -0.2) is 13.0 Å². The highest BCUT2D eigenvalue weighted by atomic mass is 19.1. The Hall–Kier alpha value is -3.34. The van der Waals surface area contributed by atoms with Gasteiger partial charge in [0.25, 0.3) is 5.91 Å². The predicted octanol–water partition coefficient (Wildman–Crippen LogP) is 4.83. The molecule has 3 aromatic rings. The summed E-state index contributed by atoms with van der Waals surface area (Å²) in [6.45, 7) is 0. The molecule has 0 fully saturated rings. The van der Waals surface area contributed by atoms with Crippen LogP contribution in [0, 0.1) is 5.82 Å². The van der Waals surface area contributed by atoms with Gasteiger partial charge in [0.1, 0.15) is 11.6 Å². The highest BCUT2D eigenvalue weighted by Gasteiger charge is 2.11. The fourth-order valence-electron chi connectivity index (χ4n) is 2.40. The first-order chi connectivity index (χ1) is 12.2. The van der Waals surface area contributed by atoms with Crippen LogP contribution in [0.5, 0.6) is 5.75 Å². The molecule has 126 valence electrons. The summed E-state index contributed by atoms with van der Waals surface area (Å²) in [5.74, 6) is -0.0293. The number of hydrogen-bond donors (Lipinski definition) is 2. The maximum Gasteiger partial charge on any atom is 0.259 e. The second-order valence-corrected chi connectivity index (χ2v) is 5.37. The maximum absolute atomic E-state index is 13.2. The van der Waals surface area contributed by atoms with Gasteiger partial charge in [0.05, 0.1) is 12.7 Å². The maximum atomic E-state index is 13.2. The van der Waals surface area contributed by atoms with Crippen molar-refractivity contribution in [2.45, 2.75) is 0 Å². The zero-order chi connectivity index (χ0) is 17.6. The van der Waals surface area contributed by atoms with Crippen molar-refractivity contribution in [2.24, 2.45) is 0 Å². The number of rotatable bonds is 5. The molecule has 2 N–H and O–H groups in total. The van der Waals surface area contributed by atoms with E-state index in [0.717, 1.165) is 5.69 Å². The average Bonchev–Trinajstić information content (AvgIpc) is 2.63. The first kappa shape index (κ1) is 16.5. The SMILES string of the molecule is COc1ccccc1C(=O)Nc1ccc(Nc2cccc(F)c2)cc1. The Morgan fingerprint density at radius 2 is 1.60 bits per heavy atom. The third-order valence-corrected chi connectivity index (χ3v) is 3.61. The molecule has 0 saturated heterocycles. The van der Waals surface area contributed by atoms with E-state index >= 15 is 0 Å². The molecule has 0 bridgehead atoms. The Morgan fingerprint density at radius 1 is 0.880 bits per heavy atom. The lowest BCUT2D eigenvalue weighted by Crippen LogP contribution is -2.13. The van der Waals surface area contributed by atoms with Crippen molar-refractivity contribution in [2.75, 3.05) is 17.7 Å². The van der Waals surface area contributed by atoms with E-state index in [-0.39, 0.29) is 11.7 Å². The van der Waals surface area contributed by atoms with Crippen LogP contribution in [0.1, 0.15) is 10.4 Å². The number of para-hydroxylation sites is 1. The summed E-state index contributed by atoms with van der Waals surface area (Å²) in [6, 6.07) is 20.4. The van der Waals surface area contributed by atoms with E-state index in [1.807, 2.05) is 18.2 Å². The van der Waals surface area contributed by atoms with Gasteiger partial charge < -0.3 is 15.4 Å². The lowest BCUT2D eigenvalue weighted by atomic mass is 10.2. The molecule has 4 nitrogen and oxygen atoms in total. The molecule has 0 radical (unpaired) electrons. The minimum atomic E-state index is -0.300. The minimum absolute atomic E-state index is 0.247. The average molecular weight is 336 g/mol. The fraction of sp³-hybridized carbons (Fsp3) is 0.0500. The van der Waals surface area contributed by atoms with Crippen molar-refractivity contribution in [1.82, 2.24) is 0 Å². The summed E-state index contributed by atoms with van der Waals surface area (Å²) < 4.78 is 18.4. The van der Waals surface area contributed by atoms with Gasteiger partial charge in [-0.15, -0.1) is 0 Å². The Bertz CT molecular complexity index is 879. The summed E-state index contributed by atoms with van der Waals surface area (Å²) in [7, 11) is 1.53. The molecule has 25 heavy (non-hydrogen) atoms. The first-order valence-electron chi connectivity index (χ1n) is 7.73. The zero-order valence-electron chi connectivity index (χ0n) is 13.6. The highest BCUT2D eigenvalue weighted by Crippen LogP contribution is 2.22. The molecule has 0 spiro atoms. The van der Waals surface area contributed by atoms with Gasteiger partial charge in [0.15, 0.2) is 0 Å². The standard InChI is InChI=1S/C20H17FN2O2/c1-25-19-8-3-2-7-18(19)20(24)23-16-11-9-15(10-12-16)22-17-6-4-5-14(21)13-17/h2-13,22H,1H3,(H,23,24). The highest BCUT2D eigenvalue weighted by molar-refractivity contribution is 6.06. The van der Waals surface area contributed by atoms with E-state index in [1.165, 1.54) is 19.2 Å². The van der Waals surface area contributed by atoms with Crippen molar-refractivity contribution in [3.05, 3.63) is 84.2 Å². The van der Waals surface area contributed by atoms with Gasteiger partial charge >= 0.3 is 0 Å². The second kappa shape index (κ2) is 7.49. The number of amides is 1. The van der Waals surface area contributed by atoms with Crippen LogP contribution in [0.4, 0.5) is 21.5 Å². The van der Waals surface area contributed by atoms with E-state index in [9.17, 15) is 9.18 Å². The molecule has 1 amide bonds. The van der Waals surface area contributed by atoms with Crippen molar-refractivity contribution < 1.29 is 13.9 Å². The number of halogens is 1. The molecule has 3 aromatic carbocycles. The molecule has 0 aromatic heterocycles. The van der Waals surface area contributed by atoms with Gasteiger partial charge in [0.2, 0.25) is 0 Å². The molecule has 3 rings (SSSR count). The summed E-state index contributed by atoms with van der Waals surface area (Å²) in [5, 5.41) is 5.93. The number of methoxy groups -OCH3 is 1. The predicted molar refractivity (Wildman–Crippen MR) is 97.1 cm³/mol. The van der Waals surface area contributed by atoms with Crippen LogP contribution in [0.25, 0.3) is 0 Å². The second-order valence-electron chi connectivity index (χ2n) is 5.37. The Morgan fingerprint density at radius 3 is 2.32 bits per heavy atom. The summed E-state index contributed by atoms with van der Waals surface area (Å²) in [4.78, 5) is 12.4. The topological polar surface area (TPSA) is 50.4 Å². The van der Waals surface area contributed by atoms with Gasteiger partial charge in [-0.25, -0.2) is 4.39 Å². The molecular weight excluding hydrogens is 319 g/mol. The van der Waals surface area contributed by atoms with Crippen LogP contribution >= 0.6 is 0 Å². The molecule has 0 atom stereocenters. The quantitative estimate of drug-likeness (QED) is 0.701. The van der Waals surface area contributed by atoms with Crippen molar-refractivity contribution in [3.8, 4) is 5.75 Å². The van der Waals surface area contributed by atoms with Crippen molar-refractivity contribution in [1.29, 1.82) is 0 Å². The van der Waals surface area contributed by atoms with Gasteiger partial charge in [0, 0.05) is 17.1 Å². The van der Waals surface area contributed by atoms with E-state index in [4.69, 9.17) is 4.74 Å². The smallest absolute Gasteiger partial charge is 0.259 e. The van der Waals surface area contributed by atoms with Gasteiger partial charge in [-0.1, -0.05) is 18.2 Å². The van der Waals surface area contributed by atoms with Gasteiger partial charge in [-0.05, 0) is 54.6 Å². The van der Waals surface area contributed by atoms with Gasteiger partial charge in [-0.3, -0.25) is 4.79 Å². The van der Waals surface area contributed by atoms with E-state index in [1.54, 1.807) is 42.5 Å². The zero-order valence-corrected chi connectivity index (χ0v) is 13.6. The van der Waals surface area contributed by atoms with Crippen LogP contribution in [-0.2, 0) is 0 Å². The number of benzene rings is 3. The fourth-order valence-corrected chi connectivity index (χ4v) is 2.40. The van der Waals surface area contributed by atoms with Crippen LogP contribution in [0.15, 0.2) is 72.8 Å². The van der Waals surface area contributed by atoms with Crippen LogP contribution in [0.3, 0.4) is 0 Å². The Labute approximate surface area is 145 Å². The third-order valence-electron chi connectivity index (χ3n) is 3.61. The molecule has 0 aliphatic heterocycles. The Kier molecular flexibility index (Phi) is 4.95. The normalized spacial score (nSPS) is 10.2. The molecule has 0 aliphatic rings. The summed E-state index contributed by atoms with van der Waals surface area (Å²) in [5.41, 5.74) is 2.57. The largest absolute Gasteiger partial charge is 0.496 e. The number of ether oxygens (including phenoxy) is 1. The Balaban J connectivity index is 1.69. The molecular formula is C20H17FN2O2. The van der Waals surface area contributed by atoms with E-state index in [2.05, 4.69) is 10.6 Å². The number of carbonyl (C=O) groups excluding carboxylic acids is 1. The van der Waals surface area contributed by atoms with Gasteiger partial charge in [-0.2, -0.15) is 0 Å². The van der Waals surface area contributed by atoms with E-state index in [0.29, 0.717) is 22.7 Å². The van der Waals surface area contributed by atoms with Crippen LogP contribution < -0.4 is 15.4 Å². The molecule has 0 unspecified atom stereocenters. The van der Waals surface area contributed by atoms with Crippen molar-refractivity contribution in [3.63, 3.8) is 0 Å². The molecule has 5 heteroatoms. The molecule has 0 saturated carbocycles. The molecule has 0 aliphatic carbocycles. The monoisotopic (exact) mass is 336 g/mol. The lowest BCUT2D eigenvalue weighted by molar-refractivity contribution is 0.102. The lowest BCUT2D eigenvalue weighted by Gasteiger charge is -2.10. The number of carbonyl (C=O) groups is 1. The van der Waals surface area contributed by atoms with E-state index < -0.39 is 0 Å². The number of hydrogen-bond acceptors (Lipinski definition) is 3. The third kappa shape index (κ3) is 4.14. The number of nitrogens with one attached hydrogen (secondary N) is 2. The van der Waals surface area contributed by atoms with Crippen molar-refractivity contribution >= 4 is 23.0 Å². The minimum Gasteiger partial charge on any atom is -0.496 e. The summed E-state index contributed by atoms with van der Waals surface area (Å²) >= 11 is 0. The number of anilines is 3.